The number of likely N-dealkylation sites (N-methyl/N-ethyl adjacent to an activating group) is 1. The van der Waals surface area contributed by atoms with E-state index in [1.165, 1.54) is 6.08 Å². The number of carboxylic acid groups (broad SMARTS) is 1. The van der Waals surface area contributed by atoms with Crippen molar-refractivity contribution in [2.75, 3.05) is 13.6 Å². The summed E-state index contributed by atoms with van der Waals surface area (Å²) in [6.45, 7) is 3.75. The van der Waals surface area contributed by atoms with Crippen LogP contribution in [0.3, 0.4) is 0 Å². The minimum atomic E-state index is -0.787. The lowest BCUT2D eigenvalue weighted by Crippen LogP contribution is -2.33. The van der Waals surface area contributed by atoms with Crippen molar-refractivity contribution < 1.29 is 14.7 Å². The molecule has 15 heavy (non-hydrogen) atoms. The minimum absolute atomic E-state index is 0.415. The number of carbonyl (C=O) groups is 2. The van der Waals surface area contributed by atoms with Gasteiger partial charge >= 0.3 is 5.97 Å². The molecule has 0 aliphatic carbocycles. The van der Waals surface area contributed by atoms with Gasteiger partial charge in [0, 0.05) is 0 Å². The van der Waals surface area contributed by atoms with E-state index < -0.39 is 12.0 Å². The van der Waals surface area contributed by atoms with E-state index in [2.05, 4.69) is 11.9 Å². The van der Waals surface area contributed by atoms with Crippen LogP contribution >= 0.6 is 0 Å². The summed E-state index contributed by atoms with van der Waals surface area (Å²) in [6.07, 6.45) is 4.25. The first-order valence-electron chi connectivity index (χ1n) is 4.80. The van der Waals surface area contributed by atoms with Crippen LogP contribution in [-0.4, -0.2) is 37.0 Å². The van der Waals surface area contributed by atoms with Crippen LogP contribution in [-0.2, 0) is 9.59 Å². The van der Waals surface area contributed by atoms with Crippen molar-refractivity contribution in [2.24, 2.45) is 5.73 Å². The number of allylic oxidation sites excluding steroid dienone is 1. The molecule has 5 heteroatoms. The first-order valence-corrected chi connectivity index (χ1v) is 4.80. The number of hydrogen-bond acceptors (Lipinski definition) is 4. The lowest BCUT2D eigenvalue weighted by atomic mass is 10.1. The average Bonchev–Trinajstić information content (AvgIpc) is 2.24. The average molecular weight is 216 g/mol. The van der Waals surface area contributed by atoms with Crippen molar-refractivity contribution in [3.05, 3.63) is 12.7 Å². The molecule has 5 nitrogen and oxygen atoms in total. The van der Waals surface area contributed by atoms with Crippen LogP contribution in [0.2, 0.25) is 0 Å². The topological polar surface area (TPSA) is 92.4 Å². The largest absolute Gasteiger partial charge is 0.480 e. The summed E-state index contributed by atoms with van der Waals surface area (Å²) in [6, 6.07) is -0.415. The minimum Gasteiger partial charge on any atom is -0.480 e. The Kier molecular flexibility index (Phi) is 13.9. The zero-order valence-electron chi connectivity index (χ0n) is 9.11. The van der Waals surface area contributed by atoms with Gasteiger partial charge < -0.3 is 16.2 Å². The standard InChI is InChI=1S/C7H16N2O2.C3H4O/c1-9-6(7(10)11)4-2-3-5-8;1-2-3-4/h6,9H,2-5,8H2,1H3,(H,10,11);2-3H,1H2/t6-;/m0./s1. The molecule has 88 valence electrons. The van der Waals surface area contributed by atoms with Crippen LogP contribution in [0.5, 0.6) is 0 Å². The third kappa shape index (κ3) is 12.8. The van der Waals surface area contributed by atoms with Crippen molar-refractivity contribution in [3.8, 4) is 0 Å². The Morgan fingerprint density at radius 2 is 2.13 bits per heavy atom. The van der Waals surface area contributed by atoms with Crippen molar-refractivity contribution in [1.29, 1.82) is 0 Å². The van der Waals surface area contributed by atoms with Gasteiger partial charge in [0.2, 0.25) is 0 Å². The number of carbonyl (C=O) groups excluding carboxylic acids is 1. The van der Waals surface area contributed by atoms with Gasteiger partial charge in [-0.15, -0.1) is 0 Å². The Balaban J connectivity index is 0. The second-order valence-electron chi connectivity index (χ2n) is 2.84. The van der Waals surface area contributed by atoms with E-state index >= 15 is 0 Å². The fourth-order valence-electron chi connectivity index (χ4n) is 0.884. The van der Waals surface area contributed by atoms with Gasteiger partial charge in [-0.1, -0.05) is 13.0 Å². The normalized spacial score (nSPS) is 10.8. The molecular formula is C10H20N2O3. The molecule has 1 atom stereocenters. The molecule has 4 N–H and O–H groups in total. The third-order valence-corrected chi connectivity index (χ3v) is 1.69. The number of unbranched alkanes of at least 4 members (excludes halogenated alkanes) is 1. The van der Waals surface area contributed by atoms with E-state index in [4.69, 9.17) is 15.6 Å². The molecule has 0 spiro atoms. The summed E-state index contributed by atoms with van der Waals surface area (Å²) in [5.74, 6) is -0.787. The maximum Gasteiger partial charge on any atom is 0.320 e. The molecule has 0 aliphatic heterocycles. The Morgan fingerprint density at radius 1 is 1.60 bits per heavy atom. The van der Waals surface area contributed by atoms with Gasteiger partial charge in [-0.2, -0.15) is 0 Å². The highest BCUT2D eigenvalue weighted by molar-refractivity contribution is 5.73. The predicted octanol–water partition coefficient (Wildman–Crippen LogP) is 0.159. The lowest BCUT2D eigenvalue weighted by Gasteiger charge is -2.09. The number of aldehydes is 1. The van der Waals surface area contributed by atoms with Crippen molar-refractivity contribution in [1.82, 2.24) is 5.32 Å². The van der Waals surface area contributed by atoms with Crippen LogP contribution in [0, 0.1) is 0 Å². The summed E-state index contributed by atoms with van der Waals surface area (Å²) < 4.78 is 0. The van der Waals surface area contributed by atoms with Crippen LogP contribution in [0.15, 0.2) is 12.7 Å². The molecular weight excluding hydrogens is 196 g/mol. The summed E-state index contributed by atoms with van der Waals surface area (Å²) in [5, 5.41) is 11.3. The zero-order chi connectivity index (χ0) is 12.1. The van der Waals surface area contributed by atoms with Crippen molar-refractivity contribution in [2.45, 2.75) is 25.3 Å². The summed E-state index contributed by atoms with van der Waals surface area (Å²) in [7, 11) is 1.65. The number of nitrogens with one attached hydrogen (secondary N) is 1. The van der Waals surface area contributed by atoms with Crippen LogP contribution in [0.1, 0.15) is 19.3 Å². The molecule has 0 amide bonds. The van der Waals surface area contributed by atoms with E-state index in [9.17, 15) is 4.79 Å². The number of nitrogens with two attached hydrogens (primary N) is 1. The fourth-order valence-corrected chi connectivity index (χ4v) is 0.884. The van der Waals surface area contributed by atoms with E-state index in [1.54, 1.807) is 7.05 Å². The molecule has 0 bridgehead atoms. The molecule has 0 saturated carbocycles. The van der Waals surface area contributed by atoms with E-state index in [1.807, 2.05) is 0 Å². The van der Waals surface area contributed by atoms with Gasteiger partial charge in [0.15, 0.2) is 0 Å². The second-order valence-corrected chi connectivity index (χ2v) is 2.84. The third-order valence-electron chi connectivity index (χ3n) is 1.69. The van der Waals surface area contributed by atoms with Gasteiger partial charge in [-0.3, -0.25) is 9.59 Å². The van der Waals surface area contributed by atoms with E-state index in [0.717, 1.165) is 12.8 Å². The maximum atomic E-state index is 10.4. The van der Waals surface area contributed by atoms with Crippen LogP contribution < -0.4 is 11.1 Å². The van der Waals surface area contributed by atoms with Gasteiger partial charge in [0.1, 0.15) is 12.3 Å². The van der Waals surface area contributed by atoms with E-state index in [-0.39, 0.29) is 0 Å². The van der Waals surface area contributed by atoms with Crippen LogP contribution in [0.25, 0.3) is 0 Å². The molecule has 0 aromatic carbocycles. The van der Waals surface area contributed by atoms with Crippen molar-refractivity contribution >= 4 is 12.3 Å². The zero-order valence-corrected chi connectivity index (χ0v) is 9.11. The SMILES string of the molecule is C=CC=O.CN[C@@H](CCCCN)C(=O)O. The van der Waals surface area contributed by atoms with Gasteiger partial charge in [0.05, 0.1) is 0 Å². The molecule has 0 aromatic heterocycles. The van der Waals surface area contributed by atoms with Gasteiger partial charge in [-0.25, -0.2) is 0 Å². The summed E-state index contributed by atoms with van der Waals surface area (Å²) in [4.78, 5) is 19.5. The number of hydrogen-bond donors (Lipinski definition) is 3. The molecule has 0 heterocycles. The highest BCUT2D eigenvalue weighted by Crippen LogP contribution is 1.99. The highest BCUT2D eigenvalue weighted by atomic mass is 16.4. The first kappa shape index (κ1) is 16.2. The monoisotopic (exact) mass is 216 g/mol. The van der Waals surface area contributed by atoms with Gasteiger partial charge in [0.25, 0.3) is 0 Å². The Labute approximate surface area is 90.3 Å². The number of aliphatic carboxylic acids is 1. The molecule has 0 aliphatic rings. The van der Waals surface area contributed by atoms with E-state index in [0.29, 0.717) is 19.3 Å². The Bertz CT molecular complexity index is 178. The first-order chi connectivity index (χ1) is 7.13. The number of carboxylic acids is 1. The predicted molar refractivity (Wildman–Crippen MR) is 59.6 cm³/mol. The maximum absolute atomic E-state index is 10.4. The quantitative estimate of drug-likeness (QED) is 0.320. The van der Waals surface area contributed by atoms with Crippen LogP contribution in [0.4, 0.5) is 0 Å². The summed E-state index contributed by atoms with van der Waals surface area (Å²) in [5.41, 5.74) is 5.26. The number of rotatable bonds is 7. The summed E-state index contributed by atoms with van der Waals surface area (Å²) >= 11 is 0. The molecule has 0 radical (unpaired) electrons. The highest BCUT2D eigenvalue weighted by Gasteiger charge is 2.12. The Hall–Kier alpha value is -1.20. The smallest absolute Gasteiger partial charge is 0.320 e. The molecule has 0 unspecified atom stereocenters. The van der Waals surface area contributed by atoms with Gasteiger partial charge in [-0.05, 0) is 32.5 Å². The molecule has 0 saturated heterocycles. The molecule has 0 aromatic rings. The van der Waals surface area contributed by atoms with Crippen molar-refractivity contribution in [3.63, 3.8) is 0 Å². The lowest BCUT2D eigenvalue weighted by molar-refractivity contribution is -0.139. The fraction of sp³-hybridized carbons (Fsp3) is 0.600. The second kappa shape index (κ2) is 12.8. The molecule has 0 rings (SSSR count). The molecule has 0 fully saturated rings. The Morgan fingerprint density at radius 3 is 2.40 bits per heavy atom.